The van der Waals surface area contributed by atoms with Crippen LogP contribution in [0.5, 0.6) is 0 Å². The molecule has 1 heterocycles. The van der Waals surface area contributed by atoms with Crippen LogP contribution in [0, 0.1) is 11.8 Å². The molecule has 5 nitrogen and oxygen atoms in total. The first-order valence-electron chi connectivity index (χ1n) is 8.81. The van der Waals surface area contributed by atoms with Crippen LogP contribution in [0.4, 0.5) is 4.79 Å². The Balaban J connectivity index is 1.35. The number of aliphatic hydroxyl groups is 1. The molecule has 0 spiro atoms. The lowest BCUT2D eigenvalue weighted by Gasteiger charge is -2.21. The standard InChI is InChI=1S/C17H29N3O2/c21-12-14-5-6-15(9-14)18-17(22)19-16-7-8-20(11-16)10-13-3-1-2-4-13/h5-6,13-16,21H,1-4,7-12H2,(H2,18,19,22)/t14-,15+,16?/m0/s1. The van der Waals surface area contributed by atoms with E-state index in [0.29, 0.717) is 0 Å². The molecular weight excluding hydrogens is 278 g/mol. The molecule has 3 rings (SSSR count). The Bertz CT molecular complexity index is 407. The molecule has 3 atom stereocenters. The van der Waals surface area contributed by atoms with Crippen molar-refractivity contribution in [2.45, 2.75) is 50.6 Å². The zero-order valence-corrected chi connectivity index (χ0v) is 13.3. The van der Waals surface area contributed by atoms with Crippen molar-refractivity contribution in [3.05, 3.63) is 12.2 Å². The summed E-state index contributed by atoms with van der Waals surface area (Å²) in [5.41, 5.74) is 0. The number of carbonyl (C=O) groups is 1. The van der Waals surface area contributed by atoms with Crippen LogP contribution < -0.4 is 10.6 Å². The Morgan fingerprint density at radius 3 is 2.73 bits per heavy atom. The lowest BCUT2D eigenvalue weighted by atomic mass is 10.1. The molecule has 0 aromatic carbocycles. The van der Waals surface area contributed by atoms with E-state index in [9.17, 15) is 4.79 Å². The Kier molecular flexibility index (Phi) is 5.37. The average Bonchev–Trinajstić information content (AvgIpc) is 3.22. The molecule has 1 unspecified atom stereocenters. The summed E-state index contributed by atoms with van der Waals surface area (Å²) in [5.74, 6) is 1.07. The minimum atomic E-state index is -0.0686. The number of amides is 2. The van der Waals surface area contributed by atoms with Crippen molar-refractivity contribution in [2.24, 2.45) is 11.8 Å². The number of hydrogen-bond donors (Lipinski definition) is 3. The molecule has 1 saturated carbocycles. The van der Waals surface area contributed by atoms with Gasteiger partial charge in [0.05, 0.1) is 0 Å². The number of urea groups is 1. The minimum absolute atomic E-state index is 0.0631. The van der Waals surface area contributed by atoms with Gasteiger partial charge in [-0.2, -0.15) is 0 Å². The van der Waals surface area contributed by atoms with Crippen molar-refractivity contribution < 1.29 is 9.90 Å². The second kappa shape index (κ2) is 7.47. The molecule has 2 fully saturated rings. The van der Waals surface area contributed by atoms with Crippen molar-refractivity contribution in [3.63, 3.8) is 0 Å². The number of hydrogen-bond acceptors (Lipinski definition) is 3. The molecule has 2 amide bonds. The molecule has 3 N–H and O–H groups in total. The average molecular weight is 307 g/mol. The van der Waals surface area contributed by atoms with Crippen molar-refractivity contribution >= 4 is 6.03 Å². The number of nitrogens with one attached hydrogen (secondary N) is 2. The number of carbonyl (C=O) groups excluding carboxylic acids is 1. The summed E-state index contributed by atoms with van der Waals surface area (Å²) in [6, 6.07) is 0.273. The topological polar surface area (TPSA) is 64.6 Å². The van der Waals surface area contributed by atoms with Crippen molar-refractivity contribution in [1.29, 1.82) is 0 Å². The molecule has 0 aromatic heterocycles. The third kappa shape index (κ3) is 4.23. The molecule has 5 heteroatoms. The van der Waals surface area contributed by atoms with Crippen LogP contribution in [-0.4, -0.2) is 54.4 Å². The van der Waals surface area contributed by atoms with Gasteiger partial charge in [-0.3, -0.25) is 0 Å². The maximum Gasteiger partial charge on any atom is 0.315 e. The quantitative estimate of drug-likeness (QED) is 0.674. The van der Waals surface area contributed by atoms with Gasteiger partial charge in [0.15, 0.2) is 0 Å². The van der Waals surface area contributed by atoms with Gasteiger partial charge in [0.25, 0.3) is 0 Å². The molecule has 1 saturated heterocycles. The fourth-order valence-electron chi connectivity index (χ4n) is 4.09. The van der Waals surface area contributed by atoms with E-state index in [1.165, 1.54) is 32.2 Å². The highest BCUT2D eigenvalue weighted by Crippen LogP contribution is 2.26. The maximum atomic E-state index is 12.1. The predicted octanol–water partition coefficient (Wildman–Crippen LogP) is 1.49. The molecule has 22 heavy (non-hydrogen) atoms. The first-order chi connectivity index (χ1) is 10.7. The van der Waals surface area contributed by atoms with E-state index >= 15 is 0 Å². The van der Waals surface area contributed by atoms with Crippen LogP contribution in [0.2, 0.25) is 0 Å². The zero-order chi connectivity index (χ0) is 15.4. The monoisotopic (exact) mass is 307 g/mol. The third-order valence-electron chi connectivity index (χ3n) is 5.32. The van der Waals surface area contributed by atoms with E-state index in [2.05, 4.69) is 15.5 Å². The maximum absolute atomic E-state index is 12.1. The minimum Gasteiger partial charge on any atom is -0.396 e. The lowest BCUT2D eigenvalue weighted by molar-refractivity contribution is 0.227. The fraction of sp³-hybridized carbons (Fsp3) is 0.824. The highest BCUT2D eigenvalue weighted by molar-refractivity contribution is 5.75. The molecular formula is C17H29N3O2. The van der Waals surface area contributed by atoms with Gasteiger partial charge in [-0.1, -0.05) is 25.0 Å². The highest BCUT2D eigenvalue weighted by atomic mass is 16.3. The summed E-state index contributed by atoms with van der Waals surface area (Å²) < 4.78 is 0. The van der Waals surface area contributed by atoms with Crippen LogP contribution in [0.25, 0.3) is 0 Å². The SMILES string of the molecule is O=C(NC1CCN(CC2CCCC2)C1)N[C@@H]1C=C[C@H](CO)C1. The summed E-state index contributed by atoms with van der Waals surface area (Å²) in [6.07, 6.45) is 11.4. The number of nitrogens with zero attached hydrogens (tertiary/aromatic N) is 1. The molecule has 0 radical (unpaired) electrons. The molecule has 1 aliphatic heterocycles. The number of aliphatic hydroxyl groups excluding tert-OH is 1. The highest BCUT2D eigenvalue weighted by Gasteiger charge is 2.27. The lowest BCUT2D eigenvalue weighted by Crippen LogP contribution is -2.46. The van der Waals surface area contributed by atoms with Gasteiger partial charge in [-0.05, 0) is 31.6 Å². The predicted molar refractivity (Wildman–Crippen MR) is 86.6 cm³/mol. The summed E-state index contributed by atoms with van der Waals surface area (Å²) in [4.78, 5) is 14.6. The molecule has 0 bridgehead atoms. The van der Waals surface area contributed by atoms with E-state index in [1.54, 1.807) is 0 Å². The molecule has 2 aliphatic carbocycles. The summed E-state index contributed by atoms with van der Waals surface area (Å²) in [6.45, 7) is 3.47. The van der Waals surface area contributed by atoms with Crippen LogP contribution in [0.3, 0.4) is 0 Å². The second-order valence-corrected chi connectivity index (χ2v) is 7.18. The van der Waals surface area contributed by atoms with Crippen molar-refractivity contribution in [1.82, 2.24) is 15.5 Å². The van der Waals surface area contributed by atoms with Gasteiger partial charge < -0.3 is 20.6 Å². The Hall–Kier alpha value is -1.07. The second-order valence-electron chi connectivity index (χ2n) is 7.18. The van der Waals surface area contributed by atoms with Gasteiger partial charge in [0.2, 0.25) is 0 Å². The van der Waals surface area contributed by atoms with Gasteiger partial charge in [0, 0.05) is 44.2 Å². The smallest absolute Gasteiger partial charge is 0.315 e. The van der Waals surface area contributed by atoms with E-state index in [4.69, 9.17) is 5.11 Å². The van der Waals surface area contributed by atoms with E-state index < -0.39 is 0 Å². The summed E-state index contributed by atoms with van der Waals surface area (Å²) in [7, 11) is 0. The Labute approximate surface area is 133 Å². The normalized spacial score (nSPS) is 32.7. The van der Waals surface area contributed by atoms with Crippen LogP contribution in [0.15, 0.2) is 12.2 Å². The van der Waals surface area contributed by atoms with E-state index in [-0.39, 0.29) is 30.6 Å². The van der Waals surface area contributed by atoms with Crippen molar-refractivity contribution in [3.8, 4) is 0 Å². The van der Waals surface area contributed by atoms with Crippen LogP contribution in [0.1, 0.15) is 38.5 Å². The van der Waals surface area contributed by atoms with Crippen LogP contribution in [-0.2, 0) is 0 Å². The van der Waals surface area contributed by atoms with E-state index in [0.717, 1.165) is 31.8 Å². The van der Waals surface area contributed by atoms with Gasteiger partial charge in [-0.15, -0.1) is 0 Å². The first-order valence-corrected chi connectivity index (χ1v) is 8.81. The Morgan fingerprint density at radius 2 is 2.00 bits per heavy atom. The Morgan fingerprint density at radius 1 is 1.18 bits per heavy atom. The van der Waals surface area contributed by atoms with Crippen LogP contribution >= 0.6 is 0 Å². The fourth-order valence-corrected chi connectivity index (χ4v) is 4.09. The summed E-state index contributed by atoms with van der Waals surface area (Å²) >= 11 is 0. The number of likely N-dealkylation sites (tertiary alicyclic amines) is 1. The summed E-state index contributed by atoms with van der Waals surface area (Å²) in [5, 5.41) is 15.2. The van der Waals surface area contributed by atoms with Crippen molar-refractivity contribution in [2.75, 3.05) is 26.2 Å². The zero-order valence-electron chi connectivity index (χ0n) is 13.3. The van der Waals surface area contributed by atoms with Gasteiger partial charge >= 0.3 is 6.03 Å². The molecule has 124 valence electrons. The van der Waals surface area contributed by atoms with Gasteiger partial charge in [0.1, 0.15) is 0 Å². The molecule has 3 aliphatic rings. The molecule has 0 aromatic rings. The largest absolute Gasteiger partial charge is 0.396 e. The number of rotatable bonds is 5. The third-order valence-corrected chi connectivity index (χ3v) is 5.32. The van der Waals surface area contributed by atoms with E-state index in [1.807, 2.05) is 12.2 Å². The van der Waals surface area contributed by atoms with Gasteiger partial charge in [-0.25, -0.2) is 4.79 Å². The first kappa shape index (κ1) is 15.8.